The number of carbonyl (C=O) groups excluding carboxylic acids is 3. The Labute approximate surface area is 155 Å². The monoisotopic (exact) mass is 365 g/mol. The molecule has 27 heavy (non-hydrogen) atoms. The fraction of sp³-hybridized carbons (Fsp3) is 0.300. The van der Waals surface area contributed by atoms with Crippen molar-refractivity contribution in [1.82, 2.24) is 9.88 Å². The van der Waals surface area contributed by atoms with E-state index < -0.39 is 29.1 Å². The first-order valence-corrected chi connectivity index (χ1v) is 8.94. The van der Waals surface area contributed by atoms with Crippen LogP contribution in [-0.2, 0) is 4.79 Å². The molecule has 2 aliphatic rings. The second-order valence-corrected chi connectivity index (χ2v) is 6.94. The molecule has 1 aromatic carbocycles. The van der Waals surface area contributed by atoms with Gasteiger partial charge in [-0.25, -0.2) is 0 Å². The summed E-state index contributed by atoms with van der Waals surface area (Å²) in [5.41, 5.74) is 0.837. The van der Waals surface area contributed by atoms with Gasteiger partial charge in [0, 0.05) is 30.0 Å². The van der Waals surface area contributed by atoms with E-state index in [1.807, 2.05) is 0 Å². The van der Waals surface area contributed by atoms with Gasteiger partial charge in [-0.2, -0.15) is 0 Å². The van der Waals surface area contributed by atoms with E-state index in [1.54, 1.807) is 36.1 Å². The molecule has 138 valence electrons. The number of nitrogens with one attached hydrogen (secondary N) is 2. The van der Waals surface area contributed by atoms with Gasteiger partial charge in [0.15, 0.2) is 5.78 Å². The summed E-state index contributed by atoms with van der Waals surface area (Å²) < 4.78 is 0. The van der Waals surface area contributed by atoms with Crippen LogP contribution in [0.2, 0.25) is 0 Å². The molecule has 0 aliphatic carbocycles. The van der Waals surface area contributed by atoms with Crippen molar-refractivity contribution in [3.8, 4) is 0 Å². The summed E-state index contributed by atoms with van der Waals surface area (Å²) in [7, 11) is 0. The highest BCUT2D eigenvalue weighted by Crippen LogP contribution is 2.35. The molecule has 2 amide bonds. The largest absolute Gasteiger partial charge is 0.338 e. The van der Waals surface area contributed by atoms with Crippen LogP contribution in [0.1, 0.15) is 50.7 Å². The van der Waals surface area contributed by atoms with Crippen LogP contribution in [0.15, 0.2) is 35.1 Å². The number of carbonyl (C=O) groups is 3. The van der Waals surface area contributed by atoms with Crippen molar-refractivity contribution >= 4 is 23.3 Å². The summed E-state index contributed by atoms with van der Waals surface area (Å²) in [4.78, 5) is 55.4. The number of aromatic amines is 1. The van der Waals surface area contributed by atoms with Gasteiger partial charge < -0.3 is 15.2 Å². The van der Waals surface area contributed by atoms with Crippen molar-refractivity contribution in [2.24, 2.45) is 0 Å². The van der Waals surface area contributed by atoms with E-state index in [-0.39, 0.29) is 11.1 Å². The van der Waals surface area contributed by atoms with Crippen molar-refractivity contribution in [2.75, 3.05) is 18.4 Å². The van der Waals surface area contributed by atoms with E-state index in [2.05, 4.69) is 10.3 Å². The Morgan fingerprint density at radius 3 is 2.56 bits per heavy atom. The highest BCUT2D eigenvalue weighted by molar-refractivity contribution is 6.23. The van der Waals surface area contributed by atoms with Crippen molar-refractivity contribution in [2.45, 2.75) is 25.7 Å². The maximum absolute atomic E-state index is 13.3. The van der Waals surface area contributed by atoms with Gasteiger partial charge in [-0.3, -0.25) is 19.2 Å². The minimum Gasteiger partial charge on any atom is -0.338 e. The van der Waals surface area contributed by atoms with Crippen LogP contribution in [0.25, 0.3) is 0 Å². The molecule has 1 atom stereocenters. The molecule has 4 rings (SSSR count). The molecule has 2 aliphatic heterocycles. The van der Waals surface area contributed by atoms with Gasteiger partial charge in [-0.1, -0.05) is 18.2 Å². The van der Waals surface area contributed by atoms with E-state index in [0.717, 1.165) is 12.8 Å². The SMILES string of the molecule is Cc1cc(C(=O)C2C(=O)Nc3ccccc32)c(C(=O)N2CCCC2)c(=O)[nH]1. The quantitative estimate of drug-likeness (QED) is 0.640. The molecule has 3 heterocycles. The van der Waals surface area contributed by atoms with Crippen molar-refractivity contribution in [3.63, 3.8) is 0 Å². The molecule has 2 N–H and O–H groups in total. The Balaban J connectivity index is 1.82. The third kappa shape index (κ3) is 2.85. The summed E-state index contributed by atoms with van der Waals surface area (Å²) in [5, 5.41) is 2.69. The molecule has 1 aromatic heterocycles. The maximum Gasteiger partial charge on any atom is 0.261 e. The minimum absolute atomic E-state index is 0.00463. The van der Waals surface area contributed by atoms with E-state index in [1.165, 1.54) is 6.07 Å². The fourth-order valence-electron chi connectivity index (χ4n) is 3.80. The molecule has 1 unspecified atom stereocenters. The number of ketones is 1. The second kappa shape index (κ2) is 6.50. The summed E-state index contributed by atoms with van der Waals surface area (Å²) in [6, 6.07) is 8.43. The number of aryl methyl sites for hydroxylation is 1. The van der Waals surface area contributed by atoms with Gasteiger partial charge in [0.1, 0.15) is 11.5 Å². The number of pyridine rings is 1. The number of Topliss-reactive ketones (excluding diaryl/α,β-unsaturated/α-hetero) is 1. The lowest BCUT2D eigenvalue weighted by molar-refractivity contribution is -0.116. The number of hydrogen-bond donors (Lipinski definition) is 2. The van der Waals surface area contributed by atoms with E-state index in [9.17, 15) is 19.2 Å². The molecule has 0 radical (unpaired) electrons. The maximum atomic E-state index is 13.3. The van der Waals surface area contributed by atoms with Crippen LogP contribution < -0.4 is 10.9 Å². The Hall–Kier alpha value is -3.22. The van der Waals surface area contributed by atoms with Crippen LogP contribution in [0, 0.1) is 6.92 Å². The Kier molecular flexibility index (Phi) is 4.14. The number of amides is 2. The Morgan fingerprint density at radius 1 is 1.11 bits per heavy atom. The number of rotatable bonds is 3. The highest BCUT2D eigenvalue weighted by Gasteiger charge is 2.39. The lowest BCUT2D eigenvalue weighted by Gasteiger charge is -2.18. The lowest BCUT2D eigenvalue weighted by Crippen LogP contribution is -2.36. The topological polar surface area (TPSA) is 99.3 Å². The van der Waals surface area contributed by atoms with Crippen LogP contribution in [0.4, 0.5) is 5.69 Å². The molecule has 1 fully saturated rings. The first-order chi connectivity index (χ1) is 13.0. The molecule has 0 saturated carbocycles. The van der Waals surface area contributed by atoms with E-state index in [4.69, 9.17) is 0 Å². The first-order valence-electron chi connectivity index (χ1n) is 8.94. The Bertz CT molecular complexity index is 1020. The predicted molar refractivity (Wildman–Crippen MR) is 99.1 cm³/mol. The molecular formula is C20H19N3O4. The molecule has 1 saturated heterocycles. The summed E-state index contributed by atoms with van der Waals surface area (Å²) in [6.45, 7) is 2.77. The average molecular weight is 365 g/mol. The van der Waals surface area contributed by atoms with Gasteiger partial charge in [-0.05, 0) is 37.5 Å². The number of likely N-dealkylation sites (tertiary alicyclic amines) is 1. The van der Waals surface area contributed by atoms with Crippen LogP contribution >= 0.6 is 0 Å². The van der Waals surface area contributed by atoms with Crippen LogP contribution in [0.3, 0.4) is 0 Å². The number of benzene rings is 1. The molecule has 2 aromatic rings. The van der Waals surface area contributed by atoms with Gasteiger partial charge in [0.2, 0.25) is 5.91 Å². The first kappa shape index (κ1) is 17.2. The zero-order valence-corrected chi connectivity index (χ0v) is 14.9. The number of para-hydroxylation sites is 1. The summed E-state index contributed by atoms with van der Waals surface area (Å²) in [5.74, 6) is -2.50. The molecule has 0 bridgehead atoms. The fourth-order valence-corrected chi connectivity index (χ4v) is 3.80. The lowest BCUT2D eigenvalue weighted by atomic mass is 9.89. The predicted octanol–water partition coefficient (Wildman–Crippen LogP) is 1.84. The second-order valence-electron chi connectivity index (χ2n) is 6.94. The van der Waals surface area contributed by atoms with Crippen molar-refractivity contribution in [3.05, 3.63) is 63.1 Å². The van der Waals surface area contributed by atoms with Crippen LogP contribution in [-0.4, -0.2) is 40.6 Å². The molecular weight excluding hydrogens is 346 g/mol. The normalized spacial score (nSPS) is 18.3. The van der Waals surface area contributed by atoms with E-state index >= 15 is 0 Å². The number of fused-ring (bicyclic) bond motifs is 1. The third-order valence-corrected chi connectivity index (χ3v) is 5.09. The average Bonchev–Trinajstić information content (AvgIpc) is 3.27. The molecule has 0 spiro atoms. The number of nitrogens with zero attached hydrogens (tertiary/aromatic N) is 1. The van der Waals surface area contributed by atoms with Gasteiger partial charge in [0.05, 0.1) is 0 Å². The summed E-state index contributed by atoms with van der Waals surface area (Å²) >= 11 is 0. The number of anilines is 1. The Morgan fingerprint density at radius 2 is 1.81 bits per heavy atom. The third-order valence-electron chi connectivity index (χ3n) is 5.09. The standard InChI is InChI=1S/C20H19N3O4/c1-11-10-13(16(19(26)21-11)20(27)23-8-4-5-9-23)17(24)15-12-6-2-3-7-14(12)22-18(15)25/h2-3,6-7,10,15H,4-5,8-9H2,1H3,(H,21,26)(H,22,25). The van der Waals surface area contributed by atoms with Crippen molar-refractivity contribution < 1.29 is 14.4 Å². The van der Waals surface area contributed by atoms with Gasteiger partial charge in [0.25, 0.3) is 11.5 Å². The van der Waals surface area contributed by atoms with Crippen LogP contribution in [0.5, 0.6) is 0 Å². The van der Waals surface area contributed by atoms with Crippen molar-refractivity contribution in [1.29, 1.82) is 0 Å². The number of H-pyrrole nitrogens is 1. The zero-order chi connectivity index (χ0) is 19.1. The number of aromatic nitrogens is 1. The molecule has 7 nitrogen and oxygen atoms in total. The van der Waals surface area contributed by atoms with Gasteiger partial charge in [-0.15, -0.1) is 0 Å². The zero-order valence-electron chi connectivity index (χ0n) is 14.9. The van der Waals surface area contributed by atoms with E-state index in [0.29, 0.717) is 30.0 Å². The highest BCUT2D eigenvalue weighted by atomic mass is 16.2. The minimum atomic E-state index is -1.06. The number of hydrogen-bond acceptors (Lipinski definition) is 4. The molecule has 7 heteroatoms. The van der Waals surface area contributed by atoms with Gasteiger partial charge >= 0.3 is 0 Å². The smallest absolute Gasteiger partial charge is 0.261 e. The summed E-state index contributed by atoms with van der Waals surface area (Å²) in [6.07, 6.45) is 1.74.